The fourth-order valence-electron chi connectivity index (χ4n) is 1.96. The third-order valence-electron chi connectivity index (χ3n) is 3.67. The number of hydrogen-bond acceptors (Lipinski definition) is 3. The second-order valence-corrected chi connectivity index (χ2v) is 5.81. The molecule has 0 aromatic heterocycles. The molecule has 30 heavy (non-hydrogen) atoms. The predicted molar refractivity (Wildman–Crippen MR) is 89.7 cm³/mol. The van der Waals surface area contributed by atoms with Crippen LogP contribution in [0.2, 0.25) is 0 Å². The average molecular weight is 437 g/mol. The van der Waals surface area contributed by atoms with Gasteiger partial charge in [-0.15, -0.1) is 0 Å². The van der Waals surface area contributed by atoms with Crippen molar-refractivity contribution in [2.45, 2.75) is 24.2 Å². The van der Waals surface area contributed by atoms with E-state index >= 15 is 0 Å². The molecule has 0 bridgehead atoms. The zero-order chi connectivity index (χ0) is 22.6. The molecule has 0 saturated carbocycles. The van der Waals surface area contributed by atoms with Gasteiger partial charge in [0.2, 0.25) is 0 Å². The maximum absolute atomic E-state index is 13.4. The first-order chi connectivity index (χ1) is 13.9. The summed E-state index contributed by atoms with van der Waals surface area (Å²) in [6.45, 7) is 4.57. The van der Waals surface area contributed by atoms with Crippen LogP contribution in [0.1, 0.15) is 0 Å². The molecule has 0 amide bonds. The minimum atomic E-state index is -6.33. The quantitative estimate of drug-likeness (QED) is 0.244. The lowest BCUT2D eigenvalue weighted by Crippen LogP contribution is -2.59. The van der Waals surface area contributed by atoms with Crippen molar-refractivity contribution in [3.8, 4) is 5.75 Å². The Bertz CT molecular complexity index is 922. The maximum Gasteiger partial charge on any atom is 0.381 e. The summed E-state index contributed by atoms with van der Waals surface area (Å²) < 4.78 is 107. The van der Waals surface area contributed by atoms with Crippen LogP contribution in [0, 0.1) is 6.57 Å². The normalized spacial score (nSPS) is 12.9. The van der Waals surface area contributed by atoms with Crippen LogP contribution in [0.15, 0.2) is 58.8 Å². The molecule has 0 unspecified atom stereocenters. The van der Waals surface area contributed by atoms with Gasteiger partial charge in [0.25, 0.3) is 0 Å². The Balaban J connectivity index is 2.03. The Kier molecular flexibility index (Phi) is 6.64. The molecule has 0 aliphatic rings. The molecule has 4 nitrogen and oxygen atoms in total. The molecule has 0 atom stereocenters. The van der Waals surface area contributed by atoms with E-state index in [1.165, 1.54) is 36.4 Å². The molecule has 0 spiro atoms. The van der Waals surface area contributed by atoms with Crippen molar-refractivity contribution in [3.05, 3.63) is 59.9 Å². The van der Waals surface area contributed by atoms with Crippen LogP contribution < -0.4 is 4.74 Å². The van der Waals surface area contributed by atoms with E-state index in [-0.39, 0.29) is 5.69 Å². The molecule has 2 rings (SSSR count). The van der Waals surface area contributed by atoms with Gasteiger partial charge in [0.05, 0.1) is 17.9 Å². The van der Waals surface area contributed by atoms with Crippen LogP contribution in [-0.2, 0) is 0 Å². The molecular weight excluding hydrogens is 426 g/mol. The number of halogens is 8. The number of hydrogen-bond donors (Lipinski definition) is 0. The first-order valence-corrected chi connectivity index (χ1v) is 7.94. The number of azo groups is 1. The summed E-state index contributed by atoms with van der Waals surface area (Å²) in [5.41, 5.74) is 1.01. The maximum atomic E-state index is 13.4. The van der Waals surface area contributed by atoms with Crippen LogP contribution in [0.25, 0.3) is 4.85 Å². The van der Waals surface area contributed by atoms with Crippen LogP contribution in [-0.4, -0.2) is 30.8 Å². The fraction of sp³-hybridized carbons (Fsp3) is 0.278. The number of rotatable bonds is 8. The van der Waals surface area contributed by atoms with Crippen molar-refractivity contribution < 1.29 is 39.9 Å². The molecule has 0 heterocycles. The minimum Gasteiger partial charge on any atom is -0.487 e. The highest BCUT2D eigenvalue weighted by molar-refractivity contribution is 5.51. The van der Waals surface area contributed by atoms with E-state index in [4.69, 9.17) is 6.57 Å². The highest BCUT2D eigenvalue weighted by atomic mass is 19.4. The van der Waals surface area contributed by atoms with Gasteiger partial charge < -0.3 is 4.74 Å². The summed E-state index contributed by atoms with van der Waals surface area (Å²) in [4.78, 5) is 3.20. The van der Waals surface area contributed by atoms with Gasteiger partial charge in [-0.3, -0.25) is 0 Å². The summed E-state index contributed by atoms with van der Waals surface area (Å²) >= 11 is 0. The molecule has 2 aromatic carbocycles. The Hall–Kier alpha value is -3.23. The minimum absolute atomic E-state index is 0.206. The molecule has 0 fully saturated rings. The summed E-state index contributed by atoms with van der Waals surface area (Å²) in [7, 11) is 0. The van der Waals surface area contributed by atoms with Crippen molar-refractivity contribution in [1.82, 2.24) is 0 Å². The molecular formula is C18H11F8N3O. The van der Waals surface area contributed by atoms with Crippen molar-refractivity contribution in [1.29, 1.82) is 0 Å². The van der Waals surface area contributed by atoms with Gasteiger partial charge in [-0.05, 0) is 36.4 Å². The van der Waals surface area contributed by atoms with Crippen LogP contribution >= 0.6 is 0 Å². The second-order valence-electron chi connectivity index (χ2n) is 5.81. The number of alkyl halides is 8. The average Bonchev–Trinajstić information content (AvgIpc) is 2.71. The molecule has 0 N–H and O–H groups in total. The third-order valence-corrected chi connectivity index (χ3v) is 3.67. The first kappa shape index (κ1) is 23.1. The first-order valence-electron chi connectivity index (χ1n) is 7.94. The molecule has 0 aliphatic heterocycles. The lowest BCUT2D eigenvalue weighted by atomic mass is 10.1. The van der Waals surface area contributed by atoms with E-state index in [0.717, 1.165) is 12.1 Å². The van der Waals surface area contributed by atoms with Gasteiger partial charge in [-0.1, -0.05) is 12.1 Å². The zero-order valence-electron chi connectivity index (χ0n) is 14.7. The predicted octanol–water partition coefficient (Wildman–Crippen LogP) is 7.20. The Labute approximate surface area is 164 Å². The van der Waals surface area contributed by atoms with Gasteiger partial charge in [0, 0.05) is 0 Å². The Morgan fingerprint density at radius 3 is 1.73 bits per heavy atom. The number of nitrogens with zero attached hydrogens (tertiary/aromatic N) is 3. The topological polar surface area (TPSA) is 38.3 Å². The van der Waals surface area contributed by atoms with Gasteiger partial charge in [0.15, 0.2) is 12.3 Å². The van der Waals surface area contributed by atoms with E-state index in [2.05, 4.69) is 19.8 Å². The molecule has 12 heteroatoms. The van der Waals surface area contributed by atoms with Crippen molar-refractivity contribution >= 4 is 17.1 Å². The third kappa shape index (κ3) is 4.84. The van der Waals surface area contributed by atoms with Gasteiger partial charge in [-0.2, -0.15) is 36.6 Å². The number of ether oxygens (including phenoxy) is 1. The molecule has 0 radical (unpaired) electrons. The molecule has 0 saturated heterocycles. The highest BCUT2D eigenvalue weighted by Gasteiger charge is 2.75. The molecule has 2 aromatic rings. The Morgan fingerprint density at radius 2 is 1.30 bits per heavy atom. The van der Waals surface area contributed by atoms with Gasteiger partial charge in [0.1, 0.15) is 5.75 Å². The fourth-order valence-corrected chi connectivity index (χ4v) is 1.96. The van der Waals surface area contributed by atoms with Crippen molar-refractivity contribution in [2.24, 2.45) is 10.2 Å². The highest BCUT2D eigenvalue weighted by Crippen LogP contribution is 2.48. The summed E-state index contributed by atoms with van der Waals surface area (Å²) in [5.74, 6) is -18.5. The summed E-state index contributed by atoms with van der Waals surface area (Å²) in [6.07, 6.45) is -4.99. The standard InChI is InChI=1S/C18H11F8N3O/c1-27-11-2-4-12(5-3-11)28-29-13-6-8-14(9-7-13)30-10-16(21,22)18(25,26)17(23,24)15(19)20/h2-9,15H,10H2. The lowest BCUT2D eigenvalue weighted by molar-refractivity contribution is -0.342. The number of benzene rings is 2. The van der Waals surface area contributed by atoms with E-state index in [1.807, 2.05) is 0 Å². The van der Waals surface area contributed by atoms with Crippen molar-refractivity contribution in [2.75, 3.05) is 6.61 Å². The van der Waals surface area contributed by atoms with Crippen LogP contribution in [0.3, 0.4) is 0 Å². The van der Waals surface area contributed by atoms with E-state index in [0.29, 0.717) is 11.4 Å². The summed E-state index contributed by atoms with van der Waals surface area (Å²) in [5, 5.41) is 7.66. The van der Waals surface area contributed by atoms with Crippen LogP contribution in [0.4, 0.5) is 52.2 Å². The van der Waals surface area contributed by atoms with E-state index in [9.17, 15) is 35.1 Å². The monoisotopic (exact) mass is 437 g/mol. The van der Waals surface area contributed by atoms with E-state index < -0.39 is 36.5 Å². The largest absolute Gasteiger partial charge is 0.487 e. The lowest BCUT2D eigenvalue weighted by Gasteiger charge is -2.31. The summed E-state index contributed by atoms with van der Waals surface area (Å²) in [6, 6.07) is 10.5. The Morgan fingerprint density at radius 1 is 0.833 bits per heavy atom. The van der Waals surface area contributed by atoms with E-state index in [1.54, 1.807) is 0 Å². The smallest absolute Gasteiger partial charge is 0.381 e. The zero-order valence-corrected chi connectivity index (χ0v) is 14.7. The second kappa shape index (κ2) is 8.64. The van der Waals surface area contributed by atoms with Gasteiger partial charge >= 0.3 is 24.2 Å². The van der Waals surface area contributed by atoms with Crippen molar-refractivity contribution in [3.63, 3.8) is 0 Å². The SMILES string of the molecule is [C-]#[N+]c1ccc(N=Nc2ccc(OCC(F)(F)C(F)(F)C(F)(F)C(F)F)cc2)cc1. The molecule has 0 aliphatic carbocycles. The van der Waals surface area contributed by atoms with Gasteiger partial charge in [-0.25, -0.2) is 13.6 Å². The van der Waals surface area contributed by atoms with Crippen LogP contribution in [0.5, 0.6) is 5.75 Å². The molecule has 160 valence electrons.